The molecule has 27 heavy (non-hydrogen) atoms. The molecule has 1 aromatic rings. The Bertz CT molecular complexity index is 772. The van der Waals surface area contributed by atoms with E-state index in [-0.39, 0.29) is 4.90 Å². The summed E-state index contributed by atoms with van der Waals surface area (Å²) in [6.07, 6.45) is -4.17. The summed E-state index contributed by atoms with van der Waals surface area (Å²) in [4.78, 5) is 22.7. The van der Waals surface area contributed by atoms with E-state index in [0.29, 0.717) is 0 Å². The molecule has 1 saturated heterocycles. The van der Waals surface area contributed by atoms with Crippen molar-refractivity contribution in [3.8, 4) is 0 Å². The Morgan fingerprint density at radius 2 is 1.59 bits per heavy atom. The van der Waals surface area contributed by atoms with Crippen molar-refractivity contribution in [2.75, 3.05) is 13.7 Å². The second-order valence-electron chi connectivity index (χ2n) is 5.98. The van der Waals surface area contributed by atoms with Gasteiger partial charge in [0.15, 0.2) is 18.5 Å². The van der Waals surface area contributed by atoms with Crippen LogP contribution >= 0.6 is 0 Å². The van der Waals surface area contributed by atoms with Crippen LogP contribution in [0.2, 0.25) is 0 Å². The molecule has 0 unspecified atom stereocenters. The van der Waals surface area contributed by atoms with E-state index in [1.54, 1.807) is 12.1 Å². The third-order valence-corrected chi connectivity index (χ3v) is 5.10. The average molecular weight is 402 g/mol. The zero-order chi connectivity index (χ0) is 20.2. The first kappa shape index (κ1) is 21.3. The molecular formula is C17H22O9S. The Balaban J connectivity index is 2.15. The summed E-state index contributed by atoms with van der Waals surface area (Å²) in [5.74, 6) is -1.28. The van der Waals surface area contributed by atoms with E-state index >= 15 is 0 Å². The minimum absolute atomic E-state index is 0.0186. The zero-order valence-electron chi connectivity index (χ0n) is 15.4. The van der Waals surface area contributed by atoms with Crippen molar-refractivity contribution in [3.05, 3.63) is 29.8 Å². The number of carbonyl (C=O) groups is 2. The first-order chi connectivity index (χ1) is 12.6. The van der Waals surface area contributed by atoms with Crippen LogP contribution in [0.25, 0.3) is 0 Å². The van der Waals surface area contributed by atoms with Gasteiger partial charge < -0.3 is 18.9 Å². The number of carbonyl (C=O) groups excluding carboxylic acids is 2. The molecule has 2 rings (SSSR count). The molecule has 0 aliphatic carbocycles. The lowest BCUT2D eigenvalue weighted by Crippen LogP contribution is -2.41. The number of benzene rings is 1. The van der Waals surface area contributed by atoms with Crippen LogP contribution < -0.4 is 0 Å². The first-order valence-electron chi connectivity index (χ1n) is 8.13. The molecule has 1 fully saturated rings. The predicted molar refractivity (Wildman–Crippen MR) is 91.1 cm³/mol. The molecule has 1 aliphatic heterocycles. The lowest BCUT2D eigenvalue weighted by Gasteiger charge is -2.22. The van der Waals surface area contributed by atoms with Gasteiger partial charge in [-0.25, -0.2) is 0 Å². The molecule has 150 valence electrons. The van der Waals surface area contributed by atoms with Gasteiger partial charge in [-0.15, -0.1) is 0 Å². The molecule has 0 aromatic heterocycles. The van der Waals surface area contributed by atoms with E-state index in [1.165, 1.54) is 33.1 Å². The normalized spacial score (nSPS) is 25.2. The van der Waals surface area contributed by atoms with Crippen LogP contribution in [0.3, 0.4) is 0 Å². The summed E-state index contributed by atoms with van der Waals surface area (Å²) >= 11 is 0. The fourth-order valence-electron chi connectivity index (χ4n) is 2.60. The Morgan fingerprint density at radius 3 is 2.11 bits per heavy atom. The van der Waals surface area contributed by atoms with Crippen molar-refractivity contribution >= 4 is 22.1 Å². The van der Waals surface area contributed by atoms with Crippen molar-refractivity contribution in [2.24, 2.45) is 0 Å². The summed E-state index contributed by atoms with van der Waals surface area (Å²) in [6, 6.07) is 6.12. The van der Waals surface area contributed by atoms with E-state index in [1.807, 2.05) is 6.92 Å². The fraction of sp³-hybridized carbons (Fsp3) is 0.529. The fourth-order valence-corrected chi connectivity index (χ4v) is 3.51. The van der Waals surface area contributed by atoms with E-state index in [9.17, 15) is 18.0 Å². The molecule has 9 nitrogen and oxygen atoms in total. The van der Waals surface area contributed by atoms with Crippen LogP contribution in [0.5, 0.6) is 0 Å². The summed E-state index contributed by atoms with van der Waals surface area (Å²) in [5, 5.41) is 0. The smallest absolute Gasteiger partial charge is 0.303 e. The highest BCUT2D eigenvalue weighted by molar-refractivity contribution is 7.86. The van der Waals surface area contributed by atoms with Crippen molar-refractivity contribution in [1.82, 2.24) is 0 Å². The monoisotopic (exact) mass is 402 g/mol. The lowest BCUT2D eigenvalue weighted by atomic mass is 10.1. The van der Waals surface area contributed by atoms with E-state index < -0.39 is 53.3 Å². The molecule has 10 heteroatoms. The van der Waals surface area contributed by atoms with Gasteiger partial charge in [-0.3, -0.25) is 13.8 Å². The van der Waals surface area contributed by atoms with Crippen LogP contribution in [-0.2, 0) is 42.8 Å². The standard InChI is InChI=1S/C17H22O9S/c1-10-5-7-13(8-6-10)27(20,21)23-9-14-15(24-11(2)18)16(25-12(3)19)17(22-4)26-14/h5-8,14-17H,9H2,1-4H3/t14-,15+,16-,17-/m1/s1. The third kappa shape index (κ3) is 5.48. The quantitative estimate of drug-likeness (QED) is 0.485. The molecule has 0 spiro atoms. The van der Waals surface area contributed by atoms with Crippen LogP contribution in [0.15, 0.2) is 29.2 Å². The molecular weight excluding hydrogens is 380 g/mol. The Labute approximate surface area is 157 Å². The van der Waals surface area contributed by atoms with Gasteiger partial charge in [0.1, 0.15) is 6.10 Å². The number of aryl methyl sites for hydroxylation is 1. The van der Waals surface area contributed by atoms with Crippen molar-refractivity contribution in [3.63, 3.8) is 0 Å². The maximum atomic E-state index is 12.3. The molecule has 4 atom stereocenters. The van der Waals surface area contributed by atoms with Gasteiger partial charge in [0, 0.05) is 21.0 Å². The van der Waals surface area contributed by atoms with Crippen LogP contribution in [0, 0.1) is 6.92 Å². The first-order valence-corrected chi connectivity index (χ1v) is 9.53. The maximum absolute atomic E-state index is 12.3. The minimum Gasteiger partial charge on any atom is -0.455 e. The Morgan fingerprint density at radius 1 is 1.04 bits per heavy atom. The van der Waals surface area contributed by atoms with Crippen molar-refractivity contribution in [1.29, 1.82) is 0 Å². The van der Waals surface area contributed by atoms with Gasteiger partial charge in [0.25, 0.3) is 10.1 Å². The molecule has 0 amide bonds. The number of ether oxygens (including phenoxy) is 4. The Kier molecular flexibility index (Phi) is 6.93. The highest BCUT2D eigenvalue weighted by atomic mass is 32.2. The highest BCUT2D eigenvalue weighted by Gasteiger charge is 2.50. The number of methoxy groups -OCH3 is 1. The maximum Gasteiger partial charge on any atom is 0.303 e. The molecule has 1 heterocycles. The molecule has 0 saturated carbocycles. The van der Waals surface area contributed by atoms with Gasteiger partial charge in [-0.2, -0.15) is 8.42 Å². The molecule has 0 radical (unpaired) electrons. The van der Waals surface area contributed by atoms with Gasteiger partial charge in [-0.1, -0.05) is 17.7 Å². The number of esters is 2. The molecule has 1 aromatic carbocycles. The largest absolute Gasteiger partial charge is 0.455 e. The number of rotatable bonds is 7. The average Bonchev–Trinajstić information content (AvgIpc) is 2.89. The molecule has 0 bridgehead atoms. The summed E-state index contributed by atoms with van der Waals surface area (Å²) in [7, 11) is -2.73. The Hall–Kier alpha value is -2.01. The van der Waals surface area contributed by atoms with Gasteiger partial charge in [0.2, 0.25) is 0 Å². The lowest BCUT2D eigenvalue weighted by molar-refractivity contribution is -0.180. The number of hydrogen-bond acceptors (Lipinski definition) is 9. The van der Waals surface area contributed by atoms with Gasteiger partial charge in [0.05, 0.1) is 11.5 Å². The summed E-state index contributed by atoms with van der Waals surface area (Å²) < 4.78 is 50.6. The van der Waals surface area contributed by atoms with Gasteiger partial charge >= 0.3 is 11.9 Å². The van der Waals surface area contributed by atoms with E-state index in [4.69, 9.17) is 23.1 Å². The second-order valence-corrected chi connectivity index (χ2v) is 7.59. The van der Waals surface area contributed by atoms with Crippen LogP contribution in [0.4, 0.5) is 0 Å². The van der Waals surface area contributed by atoms with Crippen molar-refractivity contribution < 1.29 is 41.1 Å². The molecule has 1 aliphatic rings. The zero-order valence-corrected chi connectivity index (χ0v) is 16.2. The van der Waals surface area contributed by atoms with Gasteiger partial charge in [-0.05, 0) is 19.1 Å². The number of hydrogen-bond donors (Lipinski definition) is 0. The predicted octanol–water partition coefficient (Wildman–Crippen LogP) is 0.935. The van der Waals surface area contributed by atoms with Crippen LogP contribution in [0.1, 0.15) is 19.4 Å². The summed E-state index contributed by atoms with van der Waals surface area (Å²) in [5.41, 5.74) is 0.898. The second kappa shape index (κ2) is 8.79. The molecule has 0 N–H and O–H groups in total. The van der Waals surface area contributed by atoms with Crippen molar-refractivity contribution in [2.45, 2.75) is 50.3 Å². The van der Waals surface area contributed by atoms with E-state index in [0.717, 1.165) is 5.56 Å². The minimum atomic E-state index is -4.05. The topological polar surface area (TPSA) is 114 Å². The highest BCUT2D eigenvalue weighted by Crippen LogP contribution is 2.28. The van der Waals surface area contributed by atoms with E-state index in [2.05, 4.69) is 0 Å². The van der Waals surface area contributed by atoms with Crippen LogP contribution in [-0.4, -0.2) is 58.7 Å². The third-order valence-electron chi connectivity index (χ3n) is 3.80. The SMILES string of the molecule is CO[C@@H]1O[C@H](COS(=O)(=O)c2ccc(C)cc2)[C@H](OC(C)=O)[C@H]1OC(C)=O. The summed E-state index contributed by atoms with van der Waals surface area (Å²) in [6.45, 7) is 3.73.